The standard InChI is InChI=1S/C20H24N2O2/c1-4-6-13-9-12-16-18(19(21)20(23)22(16)5-2)17(13)14-7-10-15(24-3)11-8-14/h7-12,23H,4-6,21H2,1-3H3. The van der Waals surface area contributed by atoms with E-state index >= 15 is 0 Å². The molecule has 3 N–H and O–H groups in total. The maximum atomic E-state index is 10.4. The Balaban J connectivity index is 2.34. The molecular weight excluding hydrogens is 300 g/mol. The van der Waals surface area contributed by atoms with Crippen LogP contribution in [-0.4, -0.2) is 16.8 Å². The number of hydrogen-bond donors (Lipinski definition) is 2. The zero-order valence-corrected chi connectivity index (χ0v) is 14.5. The maximum absolute atomic E-state index is 10.4. The van der Waals surface area contributed by atoms with Crippen LogP contribution in [0.15, 0.2) is 36.4 Å². The Labute approximate surface area is 142 Å². The molecule has 3 aromatic rings. The molecule has 0 atom stereocenters. The first-order valence-corrected chi connectivity index (χ1v) is 8.39. The molecule has 0 aliphatic rings. The zero-order chi connectivity index (χ0) is 17.3. The van der Waals surface area contributed by atoms with Crippen molar-refractivity contribution >= 4 is 16.6 Å². The molecule has 1 aromatic heterocycles. The predicted octanol–water partition coefficient (Wildman–Crippen LogP) is 4.58. The number of aryl methyl sites for hydroxylation is 2. The normalized spacial score (nSPS) is 11.1. The first-order valence-electron chi connectivity index (χ1n) is 8.39. The van der Waals surface area contributed by atoms with Gasteiger partial charge in [-0.15, -0.1) is 0 Å². The monoisotopic (exact) mass is 324 g/mol. The van der Waals surface area contributed by atoms with E-state index in [9.17, 15) is 5.11 Å². The lowest BCUT2D eigenvalue weighted by Crippen LogP contribution is -1.95. The summed E-state index contributed by atoms with van der Waals surface area (Å²) in [5.41, 5.74) is 11.1. The first kappa shape index (κ1) is 16.2. The smallest absolute Gasteiger partial charge is 0.216 e. The van der Waals surface area contributed by atoms with Gasteiger partial charge in [0.25, 0.3) is 0 Å². The highest BCUT2D eigenvalue weighted by atomic mass is 16.5. The van der Waals surface area contributed by atoms with Gasteiger partial charge in [0, 0.05) is 11.9 Å². The van der Waals surface area contributed by atoms with Crippen molar-refractivity contribution in [1.82, 2.24) is 4.57 Å². The number of hydrogen-bond acceptors (Lipinski definition) is 3. The lowest BCUT2D eigenvalue weighted by Gasteiger charge is -2.13. The van der Waals surface area contributed by atoms with Gasteiger partial charge in [0.1, 0.15) is 11.4 Å². The summed E-state index contributed by atoms with van der Waals surface area (Å²) in [6.45, 7) is 4.85. The number of aromatic hydroxyl groups is 1. The third-order valence-corrected chi connectivity index (χ3v) is 4.54. The van der Waals surface area contributed by atoms with Crippen LogP contribution in [0.3, 0.4) is 0 Å². The van der Waals surface area contributed by atoms with E-state index in [1.807, 2.05) is 35.8 Å². The second-order valence-electron chi connectivity index (χ2n) is 5.95. The average Bonchev–Trinajstić information content (AvgIpc) is 2.86. The number of nitrogen functional groups attached to an aromatic ring is 1. The lowest BCUT2D eigenvalue weighted by molar-refractivity contribution is 0.415. The molecule has 0 amide bonds. The third-order valence-electron chi connectivity index (χ3n) is 4.54. The van der Waals surface area contributed by atoms with Crippen molar-refractivity contribution in [2.24, 2.45) is 0 Å². The van der Waals surface area contributed by atoms with E-state index in [0.29, 0.717) is 12.2 Å². The number of ether oxygens (including phenoxy) is 1. The Morgan fingerprint density at radius 2 is 1.79 bits per heavy atom. The predicted molar refractivity (Wildman–Crippen MR) is 99.7 cm³/mol. The summed E-state index contributed by atoms with van der Waals surface area (Å²) in [7, 11) is 1.66. The molecule has 0 unspecified atom stereocenters. The largest absolute Gasteiger partial charge is 0.497 e. The Bertz CT molecular complexity index is 864. The Hall–Kier alpha value is -2.62. The summed E-state index contributed by atoms with van der Waals surface area (Å²) in [5.74, 6) is 0.973. The van der Waals surface area contributed by atoms with Crippen molar-refractivity contribution in [2.75, 3.05) is 12.8 Å². The number of aromatic nitrogens is 1. The maximum Gasteiger partial charge on any atom is 0.216 e. The van der Waals surface area contributed by atoms with E-state index in [2.05, 4.69) is 19.1 Å². The molecule has 3 rings (SSSR count). The van der Waals surface area contributed by atoms with Crippen molar-refractivity contribution in [3.05, 3.63) is 42.0 Å². The second kappa shape index (κ2) is 6.48. The van der Waals surface area contributed by atoms with Crippen LogP contribution in [-0.2, 0) is 13.0 Å². The fraction of sp³-hybridized carbons (Fsp3) is 0.300. The third kappa shape index (κ3) is 2.48. The van der Waals surface area contributed by atoms with Gasteiger partial charge >= 0.3 is 0 Å². The van der Waals surface area contributed by atoms with Gasteiger partial charge in [-0.05, 0) is 48.2 Å². The molecule has 2 aromatic carbocycles. The molecule has 0 bridgehead atoms. The van der Waals surface area contributed by atoms with Crippen LogP contribution in [0.4, 0.5) is 5.69 Å². The summed E-state index contributed by atoms with van der Waals surface area (Å²) in [6, 6.07) is 12.2. The van der Waals surface area contributed by atoms with Crippen LogP contribution in [0.5, 0.6) is 11.6 Å². The quantitative estimate of drug-likeness (QED) is 0.722. The Morgan fingerprint density at radius 3 is 2.38 bits per heavy atom. The van der Waals surface area contributed by atoms with Gasteiger partial charge in [-0.2, -0.15) is 0 Å². The number of nitrogens with zero attached hydrogens (tertiary/aromatic N) is 1. The fourth-order valence-corrected chi connectivity index (χ4v) is 3.39. The van der Waals surface area contributed by atoms with E-state index in [4.69, 9.17) is 10.5 Å². The molecule has 0 aliphatic carbocycles. The van der Waals surface area contributed by atoms with Crippen LogP contribution >= 0.6 is 0 Å². The van der Waals surface area contributed by atoms with Crippen LogP contribution in [0.1, 0.15) is 25.8 Å². The van der Waals surface area contributed by atoms with E-state index in [1.54, 1.807) is 7.11 Å². The van der Waals surface area contributed by atoms with Gasteiger partial charge in [-0.3, -0.25) is 0 Å². The van der Waals surface area contributed by atoms with E-state index in [0.717, 1.165) is 40.6 Å². The average molecular weight is 324 g/mol. The highest BCUT2D eigenvalue weighted by molar-refractivity contribution is 6.07. The molecule has 4 nitrogen and oxygen atoms in total. The van der Waals surface area contributed by atoms with E-state index in [-0.39, 0.29) is 5.88 Å². The fourth-order valence-electron chi connectivity index (χ4n) is 3.39. The number of fused-ring (bicyclic) bond motifs is 1. The van der Waals surface area contributed by atoms with Crippen LogP contribution < -0.4 is 10.5 Å². The number of methoxy groups -OCH3 is 1. The van der Waals surface area contributed by atoms with Crippen LogP contribution in [0.25, 0.3) is 22.0 Å². The minimum Gasteiger partial charge on any atom is -0.497 e. The van der Waals surface area contributed by atoms with Crippen molar-refractivity contribution in [3.8, 4) is 22.8 Å². The summed E-state index contributed by atoms with van der Waals surface area (Å²) in [5, 5.41) is 11.3. The number of rotatable bonds is 5. The Morgan fingerprint density at radius 1 is 1.08 bits per heavy atom. The van der Waals surface area contributed by atoms with Gasteiger partial charge in [0.2, 0.25) is 5.88 Å². The SMILES string of the molecule is CCCc1ccc2c(c(N)c(O)n2CC)c1-c1ccc(OC)cc1. The molecule has 0 saturated heterocycles. The molecule has 0 spiro atoms. The summed E-state index contributed by atoms with van der Waals surface area (Å²) in [6.07, 6.45) is 2.02. The molecular formula is C20H24N2O2. The number of nitrogens with two attached hydrogens (primary N) is 1. The first-order chi connectivity index (χ1) is 11.6. The van der Waals surface area contributed by atoms with Crippen molar-refractivity contribution in [2.45, 2.75) is 33.2 Å². The highest BCUT2D eigenvalue weighted by Gasteiger charge is 2.19. The van der Waals surface area contributed by atoms with Crippen LogP contribution in [0, 0.1) is 0 Å². The molecule has 4 heteroatoms. The van der Waals surface area contributed by atoms with E-state index < -0.39 is 0 Å². The van der Waals surface area contributed by atoms with Gasteiger partial charge < -0.3 is 20.1 Å². The minimum atomic E-state index is 0.149. The Kier molecular flexibility index (Phi) is 4.38. The minimum absolute atomic E-state index is 0.149. The lowest BCUT2D eigenvalue weighted by atomic mass is 9.93. The van der Waals surface area contributed by atoms with Crippen molar-refractivity contribution < 1.29 is 9.84 Å². The molecule has 24 heavy (non-hydrogen) atoms. The molecule has 126 valence electrons. The van der Waals surface area contributed by atoms with Gasteiger partial charge in [-0.1, -0.05) is 31.5 Å². The summed E-state index contributed by atoms with van der Waals surface area (Å²) in [4.78, 5) is 0. The number of anilines is 1. The summed E-state index contributed by atoms with van der Waals surface area (Å²) >= 11 is 0. The van der Waals surface area contributed by atoms with Crippen molar-refractivity contribution in [3.63, 3.8) is 0 Å². The highest BCUT2D eigenvalue weighted by Crippen LogP contribution is 2.42. The molecule has 1 heterocycles. The zero-order valence-electron chi connectivity index (χ0n) is 14.5. The van der Waals surface area contributed by atoms with E-state index in [1.165, 1.54) is 5.56 Å². The molecule has 0 aliphatic heterocycles. The van der Waals surface area contributed by atoms with Gasteiger partial charge in [-0.25, -0.2) is 0 Å². The second-order valence-corrected chi connectivity index (χ2v) is 5.95. The molecule has 0 saturated carbocycles. The summed E-state index contributed by atoms with van der Waals surface area (Å²) < 4.78 is 7.12. The topological polar surface area (TPSA) is 60.4 Å². The van der Waals surface area contributed by atoms with Gasteiger partial charge in [0.05, 0.1) is 12.6 Å². The van der Waals surface area contributed by atoms with Gasteiger partial charge in [0.15, 0.2) is 0 Å². The number of benzene rings is 2. The molecule has 0 fully saturated rings. The van der Waals surface area contributed by atoms with Crippen LogP contribution in [0.2, 0.25) is 0 Å². The van der Waals surface area contributed by atoms with Crippen molar-refractivity contribution in [1.29, 1.82) is 0 Å². The molecule has 0 radical (unpaired) electrons.